The van der Waals surface area contributed by atoms with Gasteiger partial charge in [0.25, 0.3) is 0 Å². The van der Waals surface area contributed by atoms with Crippen molar-refractivity contribution < 1.29 is 16.8 Å². The average Bonchev–Trinajstić information content (AvgIpc) is 2.75. The maximum absolute atomic E-state index is 12.6. The molecule has 0 unspecified atom stereocenters. The molecule has 0 bridgehead atoms. The van der Waals surface area contributed by atoms with Gasteiger partial charge in [0.15, 0.2) is 9.84 Å². The topological polar surface area (TPSA) is 71.5 Å². The Hall–Kier alpha value is -0.920. The quantitative estimate of drug-likeness (QED) is 0.843. The molecule has 106 valence electrons. The molecule has 1 aromatic rings. The highest BCUT2D eigenvalue weighted by Crippen LogP contribution is 2.29. The highest BCUT2D eigenvalue weighted by molar-refractivity contribution is 7.93. The summed E-state index contributed by atoms with van der Waals surface area (Å²) in [5, 5.41) is 0. The summed E-state index contributed by atoms with van der Waals surface area (Å²) in [6.45, 7) is 2.29. The van der Waals surface area contributed by atoms with Crippen LogP contribution in [0.25, 0.3) is 0 Å². The van der Waals surface area contributed by atoms with Gasteiger partial charge in [0.1, 0.15) is 4.90 Å². The molecule has 1 fully saturated rings. The lowest BCUT2D eigenvalue weighted by Gasteiger charge is -2.22. The van der Waals surface area contributed by atoms with Crippen LogP contribution in [-0.2, 0) is 19.9 Å². The summed E-state index contributed by atoms with van der Waals surface area (Å²) < 4.78 is 50.0. The number of hydrogen-bond donors (Lipinski definition) is 0. The van der Waals surface area contributed by atoms with Gasteiger partial charge in [-0.05, 0) is 31.9 Å². The van der Waals surface area contributed by atoms with E-state index in [1.54, 1.807) is 6.07 Å². The van der Waals surface area contributed by atoms with Crippen LogP contribution in [0, 0.1) is 0 Å². The Morgan fingerprint density at radius 3 is 2.16 bits per heavy atom. The fourth-order valence-corrected chi connectivity index (χ4v) is 5.66. The van der Waals surface area contributed by atoms with Crippen molar-refractivity contribution in [2.75, 3.05) is 12.8 Å². The van der Waals surface area contributed by atoms with Crippen molar-refractivity contribution in [3.05, 3.63) is 24.3 Å². The van der Waals surface area contributed by atoms with Gasteiger partial charge in [0.2, 0.25) is 10.0 Å². The summed E-state index contributed by atoms with van der Waals surface area (Å²) in [5.41, 5.74) is 0. The molecule has 0 saturated carbocycles. The zero-order chi connectivity index (χ0) is 14.3. The van der Waals surface area contributed by atoms with Crippen LogP contribution in [0.5, 0.6) is 0 Å². The molecule has 0 N–H and O–H groups in total. The Labute approximate surface area is 114 Å². The zero-order valence-corrected chi connectivity index (χ0v) is 12.5. The van der Waals surface area contributed by atoms with Crippen molar-refractivity contribution in [2.45, 2.75) is 35.6 Å². The molecule has 0 radical (unpaired) electrons. The number of sulfonamides is 1. The SMILES string of the molecule is C[C@@H]1CCCN1S(=O)(=O)c1ccccc1S(C)(=O)=O. The Kier molecular flexibility index (Phi) is 3.72. The minimum Gasteiger partial charge on any atom is -0.224 e. The first kappa shape index (κ1) is 14.5. The summed E-state index contributed by atoms with van der Waals surface area (Å²) in [6, 6.07) is 5.68. The van der Waals surface area contributed by atoms with Gasteiger partial charge in [-0.3, -0.25) is 0 Å². The number of benzene rings is 1. The van der Waals surface area contributed by atoms with Gasteiger partial charge in [-0.2, -0.15) is 4.31 Å². The molecule has 1 aliphatic heterocycles. The van der Waals surface area contributed by atoms with Gasteiger partial charge < -0.3 is 0 Å². The third kappa shape index (κ3) is 2.68. The van der Waals surface area contributed by atoms with Crippen LogP contribution in [0.1, 0.15) is 19.8 Å². The Morgan fingerprint density at radius 2 is 1.68 bits per heavy atom. The molecule has 1 aliphatic rings. The minimum atomic E-state index is -3.75. The van der Waals surface area contributed by atoms with Crippen LogP contribution in [0.4, 0.5) is 0 Å². The fraction of sp³-hybridized carbons (Fsp3) is 0.500. The van der Waals surface area contributed by atoms with Crippen LogP contribution in [0.15, 0.2) is 34.1 Å². The van der Waals surface area contributed by atoms with E-state index >= 15 is 0 Å². The monoisotopic (exact) mass is 303 g/mol. The molecule has 0 aromatic heterocycles. The minimum absolute atomic E-state index is 0.0855. The molecule has 0 spiro atoms. The molecule has 19 heavy (non-hydrogen) atoms. The lowest BCUT2D eigenvalue weighted by molar-refractivity contribution is 0.407. The Morgan fingerprint density at radius 1 is 1.11 bits per heavy atom. The highest BCUT2D eigenvalue weighted by Gasteiger charge is 2.35. The number of sulfone groups is 1. The Balaban J connectivity index is 2.59. The maximum Gasteiger partial charge on any atom is 0.244 e. The maximum atomic E-state index is 12.6. The Bertz CT molecular complexity index is 679. The van der Waals surface area contributed by atoms with Crippen LogP contribution in [0.3, 0.4) is 0 Å². The molecule has 1 aromatic carbocycles. The van der Waals surface area contributed by atoms with Gasteiger partial charge >= 0.3 is 0 Å². The summed E-state index contributed by atoms with van der Waals surface area (Å²) in [7, 11) is -7.32. The van der Waals surface area contributed by atoms with Gasteiger partial charge in [0, 0.05) is 18.8 Å². The van der Waals surface area contributed by atoms with E-state index in [-0.39, 0.29) is 15.8 Å². The second-order valence-corrected chi connectivity index (χ2v) is 8.67. The highest BCUT2D eigenvalue weighted by atomic mass is 32.2. The second kappa shape index (κ2) is 4.88. The van der Waals surface area contributed by atoms with Crippen molar-refractivity contribution >= 4 is 19.9 Å². The predicted molar refractivity (Wildman–Crippen MR) is 72.1 cm³/mol. The summed E-state index contributed by atoms with van der Waals surface area (Å²) >= 11 is 0. The van der Waals surface area contributed by atoms with E-state index in [4.69, 9.17) is 0 Å². The van der Waals surface area contributed by atoms with Crippen molar-refractivity contribution in [1.82, 2.24) is 4.31 Å². The molecule has 0 amide bonds. The smallest absolute Gasteiger partial charge is 0.224 e. The van der Waals surface area contributed by atoms with Gasteiger partial charge in [-0.1, -0.05) is 12.1 Å². The van der Waals surface area contributed by atoms with Crippen molar-refractivity contribution in [1.29, 1.82) is 0 Å². The first-order valence-electron chi connectivity index (χ1n) is 6.05. The van der Waals surface area contributed by atoms with E-state index in [2.05, 4.69) is 0 Å². The normalized spacial score (nSPS) is 21.7. The summed E-state index contributed by atoms with van der Waals surface area (Å²) in [4.78, 5) is -0.250. The first-order chi connectivity index (χ1) is 8.74. The van der Waals surface area contributed by atoms with Gasteiger partial charge in [-0.25, -0.2) is 16.8 Å². The van der Waals surface area contributed by atoms with Gasteiger partial charge in [0.05, 0.1) is 4.90 Å². The molecule has 1 saturated heterocycles. The average molecular weight is 303 g/mol. The summed E-state index contributed by atoms with van der Waals surface area (Å²) in [6.07, 6.45) is 2.64. The van der Waals surface area contributed by atoms with E-state index in [1.807, 2.05) is 6.92 Å². The van der Waals surface area contributed by atoms with E-state index in [9.17, 15) is 16.8 Å². The lowest BCUT2D eigenvalue weighted by Crippen LogP contribution is -2.34. The van der Waals surface area contributed by atoms with Crippen molar-refractivity contribution in [2.24, 2.45) is 0 Å². The van der Waals surface area contributed by atoms with E-state index in [1.165, 1.54) is 22.5 Å². The molecular weight excluding hydrogens is 286 g/mol. The first-order valence-corrected chi connectivity index (χ1v) is 9.38. The number of rotatable bonds is 3. The molecule has 1 heterocycles. The third-order valence-electron chi connectivity index (χ3n) is 3.33. The largest absolute Gasteiger partial charge is 0.244 e. The molecule has 0 aliphatic carbocycles. The lowest BCUT2D eigenvalue weighted by atomic mass is 10.3. The molecule has 7 heteroatoms. The number of hydrogen-bond acceptors (Lipinski definition) is 4. The molecule has 5 nitrogen and oxygen atoms in total. The predicted octanol–water partition coefficient (Wildman–Crippen LogP) is 1.26. The molecule has 1 atom stereocenters. The van der Waals surface area contributed by atoms with Crippen LogP contribution in [-0.4, -0.2) is 40.0 Å². The van der Waals surface area contributed by atoms with Crippen molar-refractivity contribution in [3.63, 3.8) is 0 Å². The van der Waals surface area contributed by atoms with Gasteiger partial charge in [-0.15, -0.1) is 0 Å². The third-order valence-corrected chi connectivity index (χ3v) is 6.68. The van der Waals surface area contributed by atoms with Crippen LogP contribution in [0.2, 0.25) is 0 Å². The number of nitrogens with zero attached hydrogens (tertiary/aromatic N) is 1. The zero-order valence-electron chi connectivity index (χ0n) is 10.9. The summed E-state index contributed by atoms with van der Waals surface area (Å²) in [5.74, 6) is 0. The standard InChI is InChI=1S/C12H17NO4S2/c1-10-6-5-9-13(10)19(16,17)12-8-4-3-7-11(12)18(2,14)15/h3-4,7-8,10H,5-6,9H2,1-2H3/t10-/m1/s1. The van der Waals surface area contributed by atoms with E-state index in [0.717, 1.165) is 19.1 Å². The molecular formula is C12H17NO4S2. The second-order valence-electron chi connectivity index (χ2n) is 4.83. The van der Waals surface area contributed by atoms with Crippen molar-refractivity contribution in [3.8, 4) is 0 Å². The van der Waals surface area contributed by atoms with Crippen LogP contribution < -0.4 is 0 Å². The van der Waals surface area contributed by atoms with E-state index in [0.29, 0.717) is 6.54 Å². The fourth-order valence-electron chi connectivity index (χ4n) is 2.36. The van der Waals surface area contributed by atoms with Crippen LogP contribution >= 0.6 is 0 Å². The van der Waals surface area contributed by atoms with E-state index < -0.39 is 19.9 Å². The molecule has 2 rings (SSSR count).